The number of nitrogens with two attached hydrogens (primary N) is 1. The van der Waals surface area contributed by atoms with Gasteiger partial charge in [-0.15, -0.1) is 0 Å². The normalized spacial score (nSPS) is 13.8. The second-order valence-electron chi connectivity index (χ2n) is 13.8. The first-order chi connectivity index (χ1) is 24.1. The summed E-state index contributed by atoms with van der Waals surface area (Å²) in [5, 5.41) is 8.81. The molecule has 0 radical (unpaired) electrons. The molecule has 4 N–H and O–H groups in total. The van der Waals surface area contributed by atoms with E-state index in [-0.39, 0.29) is 19.4 Å². The molecule has 0 amide bonds. The van der Waals surface area contributed by atoms with Crippen LogP contribution in [-0.2, 0) is 37.5 Å². The van der Waals surface area contributed by atoms with Gasteiger partial charge in [0.2, 0.25) is 0 Å². The van der Waals surface area contributed by atoms with Crippen molar-refractivity contribution in [3.63, 3.8) is 0 Å². The molecule has 0 aliphatic rings. The fraction of sp³-hybridized carbons (Fsp3) is 0.921. The zero-order valence-electron chi connectivity index (χ0n) is 31.8. The Balaban J connectivity index is 3.97. The van der Waals surface area contributed by atoms with Gasteiger partial charge in [-0.3, -0.25) is 23.4 Å². The minimum absolute atomic E-state index is 0.168. The number of carbonyl (C=O) groups excluding carboxylic acids is 2. The maximum absolute atomic E-state index is 12.5. The zero-order valence-corrected chi connectivity index (χ0v) is 32.7. The van der Waals surface area contributed by atoms with Crippen molar-refractivity contribution in [2.75, 3.05) is 19.8 Å². The molecule has 0 heterocycles. The van der Waals surface area contributed by atoms with Gasteiger partial charge in [-0.05, 0) is 12.8 Å². The fourth-order valence-electron chi connectivity index (χ4n) is 5.65. The Hall–Kier alpha value is -1.52. The molecule has 0 bridgehead atoms. The molecule has 0 aromatic heterocycles. The van der Waals surface area contributed by atoms with E-state index in [4.69, 9.17) is 24.8 Å². The van der Waals surface area contributed by atoms with Crippen LogP contribution in [0.3, 0.4) is 0 Å². The number of hydrogen-bond acceptors (Lipinski definition) is 9. The number of phosphoric acid groups is 1. The molecule has 0 aromatic rings. The molecule has 3 atom stereocenters. The summed E-state index contributed by atoms with van der Waals surface area (Å²) >= 11 is 0. The Morgan fingerprint density at radius 1 is 0.540 bits per heavy atom. The number of rotatable bonds is 38. The Labute approximate surface area is 304 Å². The number of carbonyl (C=O) groups is 3. The third kappa shape index (κ3) is 33.6. The molecule has 0 spiro atoms. The van der Waals surface area contributed by atoms with E-state index in [0.29, 0.717) is 12.8 Å². The van der Waals surface area contributed by atoms with Gasteiger partial charge in [-0.1, -0.05) is 168 Å². The summed E-state index contributed by atoms with van der Waals surface area (Å²) in [7, 11) is -4.69. The van der Waals surface area contributed by atoms with E-state index in [2.05, 4.69) is 11.4 Å². The number of carboxylic acid groups (broad SMARTS) is 1. The summed E-state index contributed by atoms with van der Waals surface area (Å²) in [6.45, 7) is 2.61. The average Bonchev–Trinajstić information content (AvgIpc) is 3.08. The highest BCUT2D eigenvalue weighted by atomic mass is 31.2. The highest BCUT2D eigenvalue weighted by Crippen LogP contribution is 2.43. The minimum atomic E-state index is -4.69. The molecule has 0 aliphatic heterocycles. The second kappa shape index (κ2) is 34.6. The molecule has 11 nitrogen and oxygen atoms in total. The number of hydrogen-bond donors (Lipinski definition) is 3. The first-order valence-electron chi connectivity index (χ1n) is 20.1. The van der Waals surface area contributed by atoms with Gasteiger partial charge in [0.05, 0.1) is 13.2 Å². The zero-order chi connectivity index (χ0) is 37.1. The lowest BCUT2D eigenvalue weighted by molar-refractivity contribution is -0.161. The van der Waals surface area contributed by atoms with Gasteiger partial charge in [-0.2, -0.15) is 0 Å². The molecule has 3 unspecified atom stereocenters. The maximum atomic E-state index is 12.5. The number of ether oxygens (including phenoxy) is 2. The van der Waals surface area contributed by atoms with E-state index in [1.165, 1.54) is 122 Å². The van der Waals surface area contributed by atoms with Gasteiger partial charge in [0.1, 0.15) is 12.6 Å². The van der Waals surface area contributed by atoms with Crippen LogP contribution in [0.25, 0.3) is 0 Å². The molecule has 0 rings (SSSR count). The van der Waals surface area contributed by atoms with Crippen molar-refractivity contribution in [3.8, 4) is 0 Å². The Morgan fingerprint density at radius 3 is 1.30 bits per heavy atom. The predicted molar refractivity (Wildman–Crippen MR) is 199 cm³/mol. The van der Waals surface area contributed by atoms with Crippen molar-refractivity contribution < 1.29 is 47.5 Å². The lowest BCUT2D eigenvalue weighted by Gasteiger charge is -2.20. The highest BCUT2D eigenvalue weighted by Gasteiger charge is 2.28. The molecule has 0 saturated heterocycles. The first-order valence-corrected chi connectivity index (χ1v) is 21.6. The molecular formula is C38H74NO10P. The minimum Gasteiger partial charge on any atom is -0.480 e. The van der Waals surface area contributed by atoms with Gasteiger partial charge >= 0.3 is 25.7 Å². The summed E-state index contributed by atoms with van der Waals surface area (Å²) in [5.41, 5.74) is 5.29. The Bertz CT molecular complexity index is 875. The van der Waals surface area contributed by atoms with Crippen LogP contribution in [0.5, 0.6) is 0 Å². The van der Waals surface area contributed by atoms with Crippen molar-refractivity contribution in [2.45, 2.75) is 206 Å². The van der Waals surface area contributed by atoms with E-state index >= 15 is 0 Å². The molecular weight excluding hydrogens is 661 g/mol. The summed E-state index contributed by atoms with van der Waals surface area (Å²) in [6.07, 6.45) is 31.4. The molecule has 0 aliphatic carbocycles. The third-order valence-corrected chi connectivity index (χ3v) is 9.81. The van der Waals surface area contributed by atoms with Gasteiger partial charge in [0.25, 0.3) is 0 Å². The largest absolute Gasteiger partial charge is 0.480 e. The van der Waals surface area contributed by atoms with E-state index in [9.17, 15) is 23.8 Å². The van der Waals surface area contributed by atoms with Crippen molar-refractivity contribution in [2.24, 2.45) is 5.73 Å². The summed E-state index contributed by atoms with van der Waals surface area (Å²) in [5.74, 6) is -2.40. The van der Waals surface area contributed by atoms with Gasteiger partial charge in [0, 0.05) is 12.8 Å². The van der Waals surface area contributed by atoms with Crippen LogP contribution in [-0.4, -0.2) is 59.9 Å². The smallest absolute Gasteiger partial charge is 0.472 e. The maximum Gasteiger partial charge on any atom is 0.472 e. The second-order valence-corrected chi connectivity index (χ2v) is 15.2. The number of phosphoric ester groups is 1. The summed E-state index contributed by atoms with van der Waals surface area (Å²) in [4.78, 5) is 45.2. The predicted octanol–water partition coefficient (Wildman–Crippen LogP) is 9.95. The van der Waals surface area contributed by atoms with Crippen LogP contribution in [0.1, 0.15) is 194 Å². The lowest BCUT2D eigenvalue weighted by Crippen LogP contribution is -2.34. The number of unbranched alkanes of at least 4 members (excludes halogenated alkanes) is 24. The van der Waals surface area contributed by atoms with Gasteiger partial charge in [-0.25, -0.2) is 4.57 Å². The van der Waals surface area contributed by atoms with Crippen molar-refractivity contribution in [3.05, 3.63) is 0 Å². The van der Waals surface area contributed by atoms with E-state index in [1.54, 1.807) is 0 Å². The molecule has 0 fully saturated rings. The molecule has 0 saturated carbocycles. The summed E-state index contributed by atoms with van der Waals surface area (Å²) in [6, 6.07) is -1.51. The quantitative estimate of drug-likeness (QED) is 0.0313. The highest BCUT2D eigenvalue weighted by molar-refractivity contribution is 7.47. The first kappa shape index (κ1) is 48.5. The monoisotopic (exact) mass is 736 g/mol. The van der Waals surface area contributed by atoms with Crippen LogP contribution in [0.2, 0.25) is 0 Å². The van der Waals surface area contributed by atoms with Crippen molar-refractivity contribution in [1.82, 2.24) is 0 Å². The Morgan fingerprint density at radius 2 is 0.880 bits per heavy atom. The van der Waals surface area contributed by atoms with Gasteiger partial charge in [0.15, 0.2) is 6.10 Å². The SMILES string of the molecule is CCCCCCCCCCCCCCCCCCCCCCCCCC(=O)OC(COC(=O)CCCCC)COP(=O)(O)OCC(N)C(=O)O. The summed E-state index contributed by atoms with van der Waals surface area (Å²) < 4.78 is 32.2. The number of aliphatic carboxylic acids is 1. The van der Waals surface area contributed by atoms with E-state index in [0.717, 1.165) is 32.1 Å². The third-order valence-electron chi connectivity index (χ3n) is 8.86. The van der Waals surface area contributed by atoms with Crippen molar-refractivity contribution in [1.29, 1.82) is 0 Å². The lowest BCUT2D eigenvalue weighted by atomic mass is 10.0. The van der Waals surface area contributed by atoms with Crippen molar-refractivity contribution >= 4 is 25.7 Å². The fourth-order valence-corrected chi connectivity index (χ4v) is 6.43. The van der Waals surface area contributed by atoms with Gasteiger partial charge < -0.3 is 25.2 Å². The van der Waals surface area contributed by atoms with Crippen LogP contribution in [0.15, 0.2) is 0 Å². The van der Waals surface area contributed by atoms with Crippen LogP contribution < -0.4 is 5.73 Å². The van der Waals surface area contributed by atoms with Crippen LogP contribution >= 0.6 is 7.82 Å². The molecule has 50 heavy (non-hydrogen) atoms. The molecule has 296 valence electrons. The molecule has 12 heteroatoms. The standard InChI is InChI=1S/C38H74NO10P/c1-3-5-7-8-9-10-11-12-13-14-15-16-17-18-19-20-21-22-23-24-25-26-28-30-37(41)49-34(31-46-36(40)29-27-6-4-2)32-47-50(44,45)48-33-35(39)38(42)43/h34-35H,3-33,39H2,1-2H3,(H,42,43)(H,44,45). The van der Waals surface area contributed by atoms with E-state index < -0.39 is 51.1 Å². The number of esters is 2. The Kier molecular flexibility index (Phi) is 33.5. The topological polar surface area (TPSA) is 172 Å². The van der Waals surface area contributed by atoms with Crippen LogP contribution in [0, 0.1) is 0 Å². The number of carboxylic acids is 1. The molecule has 0 aromatic carbocycles. The van der Waals surface area contributed by atoms with Crippen LogP contribution in [0.4, 0.5) is 0 Å². The average molecular weight is 736 g/mol. The van der Waals surface area contributed by atoms with E-state index in [1.807, 2.05) is 6.92 Å².